The van der Waals surface area contributed by atoms with Crippen LogP contribution in [0.1, 0.15) is 12.8 Å². The molecule has 0 radical (unpaired) electrons. The summed E-state index contributed by atoms with van der Waals surface area (Å²) in [6.07, 6.45) is 8.40. The van der Waals surface area contributed by atoms with Gasteiger partial charge in [-0.15, -0.1) is 0 Å². The first-order valence-electron chi connectivity index (χ1n) is 8.41. The standard InChI is InChI=1S/C17H20N8O/c1-3-14(26)20-10-6-11(7-10)21-16-13-4-5-18-15(13)23-17(24-16)22-12-8-19-25(2)9-12/h3-5,8-11H,1,6-7H2,2H3,(H,20,26)(H3,18,21,22,23,24). The highest BCUT2D eigenvalue weighted by molar-refractivity contribution is 5.89. The third-order valence-corrected chi connectivity index (χ3v) is 4.39. The number of amides is 1. The van der Waals surface area contributed by atoms with Gasteiger partial charge in [-0.25, -0.2) is 0 Å². The van der Waals surface area contributed by atoms with E-state index in [9.17, 15) is 4.79 Å². The first kappa shape index (κ1) is 16.1. The third kappa shape index (κ3) is 3.23. The lowest BCUT2D eigenvalue weighted by Crippen LogP contribution is -2.49. The van der Waals surface area contributed by atoms with E-state index in [2.05, 4.69) is 42.6 Å². The average molecular weight is 352 g/mol. The van der Waals surface area contributed by atoms with E-state index >= 15 is 0 Å². The van der Waals surface area contributed by atoms with Crippen LogP contribution in [-0.2, 0) is 11.8 Å². The molecule has 9 heteroatoms. The van der Waals surface area contributed by atoms with Crippen LogP contribution in [-0.4, -0.2) is 42.7 Å². The maximum absolute atomic E-state index is 11.4. The van der Waals surface area contributed by atoms with Gasteiger partial charge in [0.2, 0.25) is 11.9 Å². The molecule has 4 N–H and O–H groups in total. The van der Waals surface area contributed by atoms with Crippen molar-refractivity contribution in [3.05, 3.63) is 37.3 Å². The predicted octanol–water partition coefficient (Wildman–Crippen LogP) is 1.68. The number of nitrogens with zero attached hydrogens (tertiary/aromatic N) is 4. The Kier molecular flexibility index (Phi) is 4.04. The van der Waals surface area contributed by atoms with Crippen LogP contribution in [0.15, 0.2) is 37.3 Å². The summed E-state index contributed by atoms with van der Waals surface area (Å²) in [5.74, 6) is 1.12. The summed E-state index contributed by atoms with van der Waals surface area (Å²) >= 11 is 0. The van der Waals surface area contributed by atoms with Crippen LogP contribution in [0, 0.1) is 0 Å². The topological polar surface area (TPSA) is 113 Å². The van der Waals surface area contributed by atoms with Crippen LogP contribution in [0.2, 0.25) is 0 Å². The fourth-order valence-corrected chi connectivity index (χ4v) is 3.03. The first-order chi connectivity index (χ1) is 12.6. The zero-order chi connectivity index (χ0) is 18.1. The number of aryl methyl sites for hydroxylation is 1. The maximum Gasteiger partial charge on any atom is 0.243 e. The monoisotopic (exact) mass is 352 g/mol. The van der Waals surface area contributed by atoms with Crippen LogP contribution < -0.4 is 16.0 Å². The van der Waals surface area contributed by atoms with Crippen LogP contribution in [0.5, 0.6) is 0 Å². The number of rotatable bonds is 6. The van der Waals surface area contributed by atoms with Gasteiger partial charge >= 0.3 is 0 Å². The Hall–Kier alpha value is -3.36. The largest absolute Gasteiger partial charge is 0.366 e. The van der Waals surface area contributed by atoms with Crippen LogP contribution >= 0.6 is 0 Å². The van der Waals surface area contributed by atoms with E-state index in [0.717, 1.165) is 35.4 Å². The van der Waals surface area contributed by atoms with Gasteiger partial charge in [0.1, 0.15) is 11.5 Å². The van der Waals surface area contributed by atoms with Gasteiger partial charge in [-0.1, -0.05) is 6.58 Å². The summed E-state index contributed by atoms with van der Waals surface area (Å²) in [5, 5.41) is 14.6. The first-order valence-corrected chi connectivity index (χ1v) is 8.41. The van der Waals surface area contributed by atoms with Crippen molar-refractivity contribution < 1.29 is 4.79 Å². The molecule has 3 aromatic rings. The second-order valence-electron chi connectivity index (χ2n) is 6.39. The molecule has 3 aromatic heterocycles. The number of aromatic amines is 1. The quantitative estimate of drug-likeness (QED) is 0.502. The minimum absolute atomic E-state index is 0.133. The Morgan fingerprint density at radius 2 is 2.23 bits per heavy atom. The SMILES string of the molecule is C=CC(=O)NC1CC(Nc2nc(Nc3cnn(C)c3)nc3[nH]ccc23)C1. The van der Waals surface area contributed by atoms with Gasteiger partial charge in [0, 0.05) is 31.5 Å². The molecular formula is C17H20N8O. The molecule has 9 nitrogen and oxygen atoms in total. The van der Waals surface area contributed by atoms with Crippen molar-refractivity contribution in [2.24, 2.45) is 7.05 Å². The lowest BCUT2D eigenvalue weighted by Gasteiger charge is -2.36. The van der Waals surface area contributed by atoms with Crippen LogP contribution in [0.25, 0.3) is 11.0 Å². The second kappa shape index (κ2) is 6.51. The van der Waals surface area contributed by atoms with E-state index in [-0.39, 0.29) is 18.0 Å². The summed E-state index contributed by atoms with van der Waals surface area (Å²) in [4.78, 5) is 23.6. The minimum atomic E-state index is -0.133. The molecule has 0 saturated heterocycles. The summed E-state index contributed by atoms with van der Waals surface area (Å²) in [6, 6.07) is 2.38. The number of anilines is 3. The van der Waals surface area contributed by atoms with E-state index in [4.69, 9.17) is 0 Å². The summed E-state index contributed by atoms with van der Waals surface area (Å²) < 4.78 is 1.71. The summed E-state index contributed by atoms with van der Waals surface area (Å²) in [7, 11) is 1.85. The second-order valence-corrected chi connectivity index (χ2v) is 6.39. The van der Waals surface area contributed by atoms with Gasteiger partial charge in [0.25, 0.3) is 0 Å². The van der Waals surface area contributed by atoms with Crippen LogP contribution in [0.3, 0.4) is 0 Å². The van der Waals surface area contributed by atoms with Crippen molar-refractivity contribution in [3.63, 3.8) is 0 Å². The lowest BCUT2D eigenvalue weighted by atomic mass is 9.86. The molecule has 4 rings (SSSR count). The highest BCUT2D eigenvalue weighted by Crippen LogP contribution is 2.28. The Morgan fingerprint density at radius 1 is 1.38 bits per heavy atom. The van der Waals surface area contributed by atoms with Crippen molar-refractivity contribution >= 4 is 34.4 Å². The van der Waals surface area contributed by atoms with Gasteiger partial charge in [-0.05, 0) is 25.0 Å². The molecule has 26 heavy (non-hydrogen) atoms. The number of nitrogens with one attached hydrogen (secondary N) is 4. The molecule has 0 aromatic carbocycles. The van der Waals surface area contributed by atoms with Gasteiger partial charge < -0.3 is 20.9 Å². The average Bonchev–Trinajstić information content (AvgIpc) is 3.21. The molecule has 0 atom stereocenters. The van der Waals surface area contributed by atoms with Gasteiger partial charge in [0.05, 0.1) is 17.3 Å². The highest BCUT2D eigenvalue weighted by Gasteiger charge is 2.30. The maximum atomic E-state index is 11.4. The number of aromatic nitrogens is 5. The zero-order valence-electron chi connectivity index (χ0n) is 14.4. The number of carbonyl (C=O) groups excluding carboxylic acids is 1. The van der Waals surface area contributed by atoms with Crippen molar-refractivity contribution in [2.75, 3.05) is 10.6 Å². The highest BCUT2D eigenvalue weighted by atomic mass is 16.1. The Balaban J connectivity index is 1.49. The number of fused-ring (bicyclic) bond motifs is 1. The molecule has 1 aliphatic carbocycles. The van der Waals surface area contributed by atoms with Crippen molar-refractivity contribution in [2.45, 2.75) is 24.9 Å². The molecule has 3 heterocycles. The summed E-state index contributed by atoms with van der Waals surface area (Å²) in [6.45, 7) is 3.47. The number of hydrogen-bond acceptors (Lipinski definition) is 6. The number of hydrogen-bond donors (Lipinski definition) is 4. The Labute approximate surface area is 149 Å². The van der Waals surface area contributed by atoms with E-state index in [1.165, 1.54) is 6.08 Å². The normalized spacial score (nSPS) is 19.0. The number of carbonyl (C=O) groups is 1. The van der Waals surface area contributed by atoms with Gasteiger partial charge in [-0.2, -0.15) is 15.1 Å². The van der Waals surface area contributed by atoms with Crippen LogP contribution in [0.4, 0.5) is 17.5 Å². The molecular weight excluding hydrogens is 332 g/mol. The fraction of sp³-hybridized carbons (Fsp3) is 0.294. The number of H-pyrrole nitrogens is 1. The molecule has 1 amide bonds. The smallest absolute Gasteiger partial charge is 0.243 e. The Bertz CT molecular complexity index is 953. The van der Waals surface area contributed by atoms with E-state index in [0.29, 0.717) is 5.95 Å². The minimum Gasteiger partial charge on any atom is -0.366 e. The molecule has 0 spiro atoms. The van der Waals surface area contributed by atoms with E-state index in [1.54, 1.807) is 10.9 Å². The lowest BCUT2D eigenvalue weighted by molar-refractivity contribution is -0.117. The molecule has 0 unspecified atom stereocenters. The fourth-order valence-electron chi connectivity index (χ4n) is 3.03. The predicted molar refractivity (Wildman–Crippen MR) is 99.2 cm³/mol. The van der Waals surface area contributed by atoms with Crippen molar-refractivity contribution in [1.29, 1.82) is 0 Å². The van der Waals surface area contributed by atoms with Crippen molar-refractivity contribution in [3.8, 4) is 0 Å². The molecule has 0 bridgehead atoms. The molecule has 1 fully saturated rings. The van der Waals surface area contributed by atoms with E-state index < -0.39 is 0 Å². The molecule has 1 aliphatic rings. The third-order valence-electron chi connectivity index (χ3n) is 4.39. The van der Waals surface area contributed by atoms with Gasteiger partial charge in [-0.3, -0.25) is 9.48 Å². The molecule has 0 aliphatic heterocycles. The van der Waals surface area contributed by atoms with E-state index in [1.807, 2.05) is 25.5 Å². The zero-order valence-corrected chi connectivity index (χ0v) is 14.4. The summed E-state index contributed by atoms with van der Waals surface area (Å²) in [5.41, 5.74) is 1.57. The Morgan fingerprint density at radius 3 is 2.96 bits per heavy atom. The van der Waals surface area contributed by atoms with Crippen molar-refractivity contribution in [1.82, 2.24) is 30.0 Å². The van der Waals surface area contributed by atoms with Gasteiger partial charge in [0.15, 0.2) is 0 Å². The molecule has 1 saturated carbocycles. The molecule has 134 valence electrons.